The molecule has 1 aliphatic heterocycles. The molecule has 10 heteroatoms. The Morgan fingerprint density at radius 2 is 0.957 bits per heavy atom. The number of benzene rings is 4. The van der Waals surface area contributed by atoms with E-state index in [-0.39, 0.29) is 11.9 Å². The molecule has 1 aliphatic rings. The molecule has 46 heavy (non-hydrogen) atoms. The van der Waals surface area contributed by atoms with Crippen LogP contribution in [-0.4, -0.2) is 45.3 Å². The molecular formula is C36H36Cl3NO5S. The highest BCUT2D eigenvalue weighted by Gasteiger charge is 2.50. The van der Waals surface area contributed by atoms with Crippen molar-refractivity contribution < 1.29 is 23.7 Å². The third-order valence-electron chi connectivity index (χ3n) is 7.33. The van der Waals surface area contributed by atoms with Crippen LogP contribution in [0.2, 0.25) is 0 Å². The number of rotatable bonds is 14. The fourth-order valence-electron chi connectivity index (χ4n) is 5.02. The van der Waals surface area contributed by atoms with Gasteiger partial charge in [0.2, 0.25) is 5.90 Å². The minimum absolute atomic E-state index is 0.277. The summed E-state index contributed by atoms with van der Waals surface area (Å²) in [7, 11) is 0. The van der Waals surface area contributed by atoms with Crippen molar-refractivity contribution in [3.63, 3.8) is 0 Å². The summed E-state index contributed by atoms with van der Waals surface area (Å²) in [5.41, 5.74) is 3.27. The Morgan fingerprint density at radius 1 is 0.565 bits per heavy atom. The number of nitrogens with one attached hydrogen (secondary N) is 1. The van der Waals surface area contributed by atoms with Crippen molar-refractivity contribution in [2.75, 3.05) is 6.61 Å². The zero-order valence-corrected chi connectivity index (χ0v) is 28.1. The van der Waals surface area contributed by atoms with E-state index >= 15 is 0 Å². The Balaban J connectivity index is 1.46. The summed E-state index contributed by atoms with van der Waals surface area (Å²) in [6.07, 6.45) is -1.81. The molecule has 4 aromatic rings. The van der Waals surface area contributed by atoms with E-state index in [1.807, 2.05) is 121 Å². The normalized spacial score (nSPS) is 21.5. The Bertz CT molecular complexity index is 1460. The first-order valence-electron chi connectivity index (χ1n) is 14.9. The molecule has 1 N–H and O–H groups in total. The molecule has 1 heterocycles. The first-order chi connectivity index (χ1) is 22.4. The van der Waals surface area contributed by atoms with Crippen LogP contribution in [0.1, 0.15) is 22.3 Å². The van der Waals surface area contributed by atoms with Crippen molar-refractivity contribution in [2.24, 2.45) is 0 Å². The summed E-state index contributed by atoms with van der Waals surface area (Å²) in [6.45, 7) is 1.67. The van der Waals surface area contributed by atoms with Crippen molar-refractivity contribution in [3.8, 4) is 0 Å². The fourth-order valence-corrected chi connectivity index (χ4v) is 6.61. The van der Waals surface area contributed by atoms with E-state index in [1.54, 1.807) is 0 Å². The van der Waals surface area contributed by atoms with Crippen molar-refractivity contribution in [2.45, 2.75) is 59.2 Å². The molecule has 0 amide bonds. The Morgan fingerprint density at radius 3 is 1.39 bits per heavy atom. The van der Waals surface area contributed by atoms with Gasteiger partial charge in [-0.2, -0.15) is 0 Å². The zero-order valence-electron chi connectivity index (χ0n) is 25.1. The lowest BCUT2D eigenvalue weighted by Gasteiger charge is -2.45. The van der Waals surface area contributed by atoms with E-state index in [9.17, 15) is 0 Å². The number of alkyl halides is 3. The Labute approximate surface area is 289 Å². The van der Waals surface area contributed by atoms with Gasteiger partial charge < -0.3 is 23.7 Å². The fraction of sp³-hybridized carbons (Fsp3) is 0.306. The third-order valence-corrected chi connectivity index (χ3v) is 9.23. The van der Waals surface area contributed by atoms with Crippen LogP contribution in [0.5, 0.6) is 0 Å². The summed E-state index contributed by atoms with van der Waals surface area (Å²) < 4.78 is 30.3. The van der Waals surface area contributed by atoms with Gasteiger partial charge in [-0.1, -0.05) is 156 Å². The van der Waals surface area contributed by atoms with Gasteiger partial charge in [0, 0.05) is 0 Å². The van der Waals surface area contributed by atoms with Crippen LogP contribution in [0.25, 0.3) is 0 Å². The van der Waals surface area contributed by atoms with E-state index < -0.39 is 33.4 Å². The second-order valence-corrected chi connectivity index (χ2v) is 14.4. The molecule has 5 atom stereocenters. The second kappa shape index (κ2) is 17.5. The molecule has 0 spiro atoms. The molecule has 0 aliphatic carbocycles. The van der Waals surface area contributed by atoms with Crippen LogP contribution in [0.4, 0.5) is 0 Å². The van der Waals surface area contributed by atoms with E-state index in [4.69, 9.17) is 63.9 Å². The molecule has 4 aromatic carbocycles. The van der Waals surface area contributed by atoms with Gasteiger partial charge in [0.1, 0.15) is 18.3 Å². The Hall–Kier alpha value is -2.59. The smallest absolute Gasteiger partial charge is 0.265 e. The lowest BCUT2D eigenvalue weighted by Crippen LogP contribution is -2.58. The highest BCUT2D eigenvalue weighted by atomic mass is 35.6. The molecule has 1 saturated heterocycles. The third kappa shape index (κ3) is 10.5. The van der Waals surface area contributed by atoms with Gasteiger partial charge in [-0.15, -0.1) is 11.8 Å². The molecule has 0 bridgehead atoms. The number of thioether (sulfide) groups is 1. The van der Waals surface area contributed by atoms with Crippen molar-refractivity contribution >= 4 is 52.5 Å². The predicted octanol–water partition coefficient (Wildman–Crippen LogP) is 8.76. The molecular weight excluding hydrogens is 665 g/mol. The van der Waals surface area contributed by atoms with E-state index in [1.165, 1.54) is 11.8 Å². The topological polar surface area (TPSA) is 70.0 Å². The largest absolute Gasteiger partial charge is 0.461 e. The first kappa shape index (κ1) is 34.7. The predicted molar refractivity (Wildman–Crippen MR) is 185 cm³/mol. The molecule has 0 radical (unpaired) electrons. The highest BCUT2D eigenvalue weighted by molar-refractivity contribution is 8.00. The summed E-state index contributed by atoms with van der Waals surface area (Å²) in [5, 5.41) is 8.16. The standard InChI is InChI=1S/C36H36Cl3NO5S/c37-36(38,39)35(40)45-34-33(44-24-29-19-11-4-12-20-29)32(43-23-28-17-9-3-10-18-28)31(42-22-27-15-7-2-8-16-27)30(46-34)25-41-21-26-13-5-1-6-14-26/h1-20,30-34,40H,21-25H2/t30-,31-,32+,33-,34+/m1/s1. The summed E-state index contributed by atoms with van der Waals surface area (Å²) in [4.78, 5) is 0. The average molecular weight is 701 g/mol. The maximum absolute atomic E-state index is 8.43. The minimum Gasteiger partial charge on any atom is -0.461 e. The SMILES string of the molecule is N=C(O[C@H]1S[C@H](COCc2ccccc2)[C@@H](OCc2ccccc2)[C@H](OCc2ccccc2)[C@H]1OCc1ccccc1)C(Cl)(Cl)Cl. The van der Waals surface area contributed by atoms with E-state index in [2.05, 4.69) is 0 Å². The zero-order chi connectivity index (χ0) is 32.2. The van der Waals surface area contributed by atoms with Crippen molar-refractivity contribution in [1.29, 1.82) is 5.41 Å². The van der Waals surface area contributed by atoms with E-state index in [0.29, 0.717) is 26.4 Å². The average Bonchev–Trinajstić information content (AvgIpc) is 3.07. The van der Waals surface area contributed by atoms with Crippen LogP contribution in [-0.2, 0) is 50.1 Å². The number of hydrogen-bond donors (Lipinski definition) is 1. The summed E-state index contributed by atoms with van der Waals surface area (Å²) >= 11 is 19.7. The van der Waals surface area contributed by atoms with Crippen molar-refractivity contribution in [1.82, 2.24) is 0 Å². The molecule has 0 aromatic heterocycles. The quantitative estimate of drug-likeness (QED) is 0.0806. The molecule has 242 valence electrons. The lowest BCUT2D eigenvalue weighted by molar-refractivity contribution is -0.174. The van der Waals surface area contributed by atoms with Crippen LogP contribution < -0.4 is 0 Å². The second-order valence-electron chi connectivity index (χ2n) is 10.8. The van der Waals surface area contributed by atoms with Crippen LogP contribution >= 0.6 is 46.6 Å². The molecule has 6 nitrogen and oxygen atoms in total. The van der Waals surface area contributed by atoms with Gasteiger partial charge in [0.15, 0.2) is 5.44 Å². The number of halogens is 3. The van der Waals surface area contributed by atoms with Gasteiger partial charge in [-0.25, -0.2) is 0 Å². The van der Waals surface area contributed by atoms with E-state index in [0.717, 1.165) is 22.3 Å². The number of hydrogen-bond acceptors (Lipinski definition) is 7. The van der Waals surface area contributed by atoms with Gasteiger partial charge in [-0.05, 0) is 22.3 Å². The van der Waals surface area contributed by atoms with Crippen LogP contribution in [0.15, 0.2) is 121 Å². The summed E-state index contributed by atoms with van der Waals surface area (Å²) in [5.74, 6) is -0.502. The maximum atomic E-state index is 8.43. The van der Waals surface area contributed by atoms with Gasteiger partial charge >= 0.3 is 0 Å². The van der Waals surface area contributed by atoms with Crippen LogP contribution in [0.3, 0.4) is 0 Å². The molecule has 5 rings (SSSR count). The monoisotopic (exact) mass is 699 g/mol. The Kier molecular flexibility index (Phi) is 13.2. The lowest BCUT2D eigenvalue weighted by atomic mass is 10.0. The maximum Gasteiger partial charge on any atom is 0.265 e. The van der Waals surface area contributed by atoms with Crippen LogP contribution in [0, 0.1) is 5.41 Å². The first-order valence-corrected chi connectivity index (χ1v) is 17.0. The van der Waals surface area contributed by atoms with Gasteiger partial charge in [0.05, 0.1) is 38.3 Å². The summed E-state index contributed by atoms with van der Waals surface area (Å²) in [6, 6.07) is 39.7. The molecule has 1 fully saturated rings. The highest BCUT2D eigenvalue weighted by Crippen LogP contribution is 2.41. The van der Waals surface area contributed by atoms with Gasteiger partial charge in [0.25, 0.3) is 3.79 Å². The minimum atomic E-state index is -2.05. The van der Waals surface area contributed by atoms with Crippen molar-refractivity contribution in [3.05, 3.63) is 144 Å². The molecule has 0 unspecified atom stereocenters. The van der Waals surface area contributed by atoms with Gasteiger partial charge in [-0.3, -0.25) is 5.41 Å². The molecule has 0 saturated carbocycles. The number of ether oxygens (including phenoxy) is 5.